The lowest BCUT2D eigenvalue weighted by molar-refractivity contribution is 0.0694. The van der Waals surface area contributed by atoms with Gasteiger partial charge in [-0.05, 0) is 20.3 Å². The van der Waals surface area contributed by atoms with E-state index < -0.39 is 5.97 Å². The van der Waals surface area contributed by atoms with E-state index >= 15 is 0 Å². The van der Waals surface area contributed by atoms with Crippen LogP contribution in [0, 0.1) is 0 Å². The Morgan fingerprint density at radius 2 is 2.18 bits per heavy atom. The highest BCUT2D eigenvalue weighted by atomic mass is 16.4. The first-order valence-corrected chi connectivity index (χ1v) is 5.63. The van der Waals surface area contributed by atoms with Crippen molar-refractivity contribution in [2.45, 2.75) is 32.4 Å². The monoisotopic (exact) mass is 236 g/mol. The molecule has 0 aromatic carbocycles. The van der Waals surface area contributed by atoms with E-state index in [1.54, 1.807) is 11.6 Å². The van der Waals surface area contributed by atoms with Crippen LogP contribution in [0.4, 0.5) is 0 Å². The molecule has 0 radical (unpaired) electrons. The first-order chi connectivity index (χ1) is 7.91. The van der Waals surface area contributed by atoms with Crippen LogP contribution in [-0.2, 0) is 13.5 Å². The van der Waals surface area contributed by atoms with E-state index in [1.165, 1.54) is 6.20 Å². The molecule has 0 saturated carbocycles. The molecule has 1 aromatic rings. The summed E-state index contributed by atoms with van der Waals surface area (Å²) in [5.74, 6) is -1.16. The average molecular weight is 236 g/mol. The Hall–Kier alpha value is -1.62. The van der Waals surface area contributed by atoms with Gasteiger partial charge in [0.25, 0.3) is 0 Å². The van der Waals surface area contributed by atoms with Gasteiger partial charge >= 0.3 is 5.97 Å². The van der Waals surface area contributed by atoms with Crippen LogP contribution in [0.1, 0.15) is 41.5 Å². The van der Waals surface area contributed by atoms with Crippen LogP contribution in [0.5, 0.6) is 0 Å². The fourth-order valence-corrected chi connectivity index (χ4v) is 2.60. The molecule has 5 heteroatoms. The molecule has 0 spiro atoms. The van der Waals surface area contributed by atoms with Crippen LogP contribution in [0.3, 0.4) is 0 Å². The Morgan fingerprint density at radius 1 is 1.53 bits per heavy atom. The number of aromatic nitrogens is 1. The van der Waals surface area contributed by atoms with Crippen LogP contribution >= 0.6 is 0 Å². The summed E-state index contributed by atoms with van der Waals surface area (Å²) in [6.45, 7) is 3.97. The molecule has 0 aliphatic carbocycles. The molecule has 2 heterocycles. The van der Waals surface area contributed by atoms with E-state index in [9.17, 15) is 9.59 Å². The lowest BCUT2D eigenvalue weighted by Crippen LogP contribution is -2.41. The molecule has 0 saturated heterocycles. The number of nitrogens with zero attached hydrogens (tertiary/aromatic N) is 1. The Balaban J connectivity index is 2.71. The van der Waals surface area contributed by atoms with Crippen molar-refractivity contribution in [2.24, 2.45) is 7.05 Å². The SMILES string of the molecule is CC1Cc2c(n(C)cc(C(=O)O)c2=O)C(C)N1. The highest BCUT2D eigenvalue weighted by molar-refractivity contribution is 5.87. The Morgan fingerprint density at radius 3 is 2.76 bits per heavy atom. The van der Waals surface area contributed by atoms with E-state index in [0.717, 1.165) is 5.69 Å². The zero-order valence-corrected chi connectivity index (χ0v) is 10.2. The fourth-order valence-electron chi connectivity index (χ4n) is 2.60. The molecule has 1 aromatic heterocycles. The standard InChI is InChI=1S/C12H16N2O3/c1-6-4-8-10(7(2)13-6)14(3)5-9(11(8)15)12(16)17/h5-7,13H,4H2,1-3H3,(H,16,17). The maximum Gasteiger partial charge on any atom is 0.341 e. The molecule has 2 atom stereocenters. The van der Waals surface area contributed by atoms with Crippen molar-refractivity contribution in [3.8, 4) is 0 Å². The van der Waals surface area contributed by atoms with Crippen molar-refractivity contribution in [3.05, 3.63) is 33.2 Å². The molecule has 92 valence electrons. The van der Waals surface area contributed by atoms with Crippen molar-refractivity contribution in [1.82, 2.24) is 9.88 Å². The second-order valence-corrected chi connectivity index (χ2v) is 4.65. The van der Waals surface area contributed by atoms with Crippen LogP contribution in [0.25, 0.3) is 0 Å². The molecule has 1 aliphatic heterocycles. The van der Waals surface area contributed by atoms with Crippen molar-refractivity contribution in [3.63, 3.8) is 0 Å². The first-order valence-electron chi connectivity index (χ1n) is 5.63. The molecule has 0 bridgehead atoms. The highest BCUT2D eigenvalue weighted by Gasteiger charge is 2.27. The minimum atomic E-state index is -1.16. The van der Waals surface area contributed by atoms with Gasteiger partial charge in [-0.1, -0.05) is 0 Å². The Labute approximate surface area is 99.1 Å². The number of carboxylic acid groups (broad SMARTS) is 1. The third-order valence-electron chi connectivity index (χ3n) is 3.22. The minimum Gasteiger partial charge on any atom is -0.477 e. The quantitative estimate of drug-likeness (QED) is 0.752. The number of aryl methyl sites for hydroxylation is 1. The van der Waals surface area contributed by atoms with Crippen LogP contribution in [-0.4, -0.2) is 21.7 Å². The topological polar surface area (TPSA) is 71.3 Å². The van der Waals surface area contributed by atoms with Gasteiger partial charge in [0.05, 0.1) is 0 Å². The van der Waals surface area contributed by atoms with Gasteiger partial charge < -0.3 is 15.0 Å². The maximum atomic E-state index is 12.1. The number of pyridine rings is 1. The van der Waals surface area contributed by atoms with Gasteiger partial charge in [0.2, 0.25) is 0 Å². The predicted molar refractivity (Wildman–Crippen MR) is 63.4 cm³/mol. The van der Waals surface area contributed by atoms with E-state index in [4.69, 9.17) is 5.11 Å². The van der Waals surface area contributed by atoms with Crippen LogP contribution < -0.4 is 10.7 Å². The Bertz CT molecular complexity index is 533. The summed E-state index contributed by atoms with van der Waals surface area (Å²) < 4.78 is 1.74. The van der Waals surface area contributed by atoms with Gasteiger partial charge in [0, 0.05) is 36.6 Å². The molecule has 17 heavy (non-hydrogen) atoms. The van der Waals surface area contributed by atoms with Crippen molar-refractivity contribution in [2.75, 3.05) is 0 Å². The van der Waals surface area contributed by atoms with E-state index in [1.807, 2.05) is 13.8 Å². The molecule has 5 nitrogen and oxygen atoms in total. The summed E-state index contributed by atoms with van der Waals surface area (Å²) in [5, 5.41) is 12.3. The normalized spacial score (nSPS) is 23.2. The van der Waals surface area contributed by atoms with Crippen LogP contribution in [0.15, 0.2) is 11.0 Å². The van der Waals surface area contributed by atoms with E-state index in [2.05, 4.69) is 5.32 Å². The minimum absolute atomic E-state index is 0.0642. The number of aromatic carboxylic acids is 1. The Kier molecular flexibility index (Phi) is 2.79. The lowest BCUT2D eigenvalue weighted by atomic mass is 9.94. The summed E-state index contributed by atoms with van der Waals surface area (Å²) >= 11 is 0. The molecule has 0 amide bonds. The third-order valence-corrected chi connectivity index (χ3v) is 3.22. The molecular formula is C12H16N2O3. The zero-order valence-electron chi connectivity index (χ0n) is 10.2. The second kappa shape index (κ2) is 4.00. The highest BCUT2D eigenvalue weighted by Crippen LogP contribution is 2.22. The molecule has 2 N–H and O–H groups in total. The van der Waals surface area contributed by atoms with Crippen molar-refractivity contribution in [1.29, 1.82) is 0 Å². The molecule has 1 aliphatic rings. The average Bonchev–Trinajstić information content (AvgIpc) is 2.21. The number of carboxylic acids is 1. The number of fused-ring (bicyclic) bond motifs is 1. The lowest BCUT2D eigenvalue weighted by Gasteiger charge is -2.30. The summed E-state index contributed by atoms with van der Waals surface area (Å²) in [6.07, 6.45) is 1.98. The van der Waals surface area contributed by atoms with Gasteiger partial charge in [-0.2, -0.15) is 0 Å². The second-order valence-electron chi connectivity index (χ2n) is 4.65. The molecule has 0 fully saturated rings. The van der Waals surface area contributed by atoms with E-state index in [-0.39, 0.29) is 23.1 Å². The van der Waals surface area contributed by atoms with Gasteiger partial charge in [-0.25, -0.2) is 4.79 Å². The van der Waals surface area contributed by atoms with Gasteiger partial charge in [0.1, 0.15) is 5.56 Å². The largest absolute Gasteiger partial charge is 0.477 e. The van der Waals surface area contributed by atoms with Crippen LogP contribution in [0.2, 0.25) is 0 Å². The number of rotatable bonds is 1. The molecule has 2 unspecified atom stereocenters. The zero-order chi connectivity index (χ0) is 12.7. The van der Waals surface area contributed by atoms with Gasteiger partial charge in [0.15, 0.2) is 5.43 Å². The summed E-state index contributed by atoms with van der Waals surface area (Å²) in [7, 11) is 1.78. The molecule has 2 rings (SSSR count). The fraction of sp³-hybridized carbons (Fsp3) is 0.500. The van der Waals surface area contributed by atoms with Gasteiger partial charge in [-0.3, -0.25) is 4.79 Å². The summed E-state index contributed by atoms with van der Waals surface area (Å²) in [4.78, 5) is 23.1. The number of hydrogen-bond acceptors (Lipinski definition) is 3. The van der Waals surface area contributed by atoms with Gasteiger partial charge in [-0.15, -0.1) is 0 Å². The number of carbonyl (C=O) groups is 1. The van der Waals surface area contributed by atoms with Crippen molar-refractivity contribution < 1.29 is 9.90 Å². The first kappa shape index (κ1) is 11.9. The summed E-state index contributed by atoms with van der Waals surface area (Å²) in [6, 6.07) is 0.253. The number of nitrogens with one attached hydrogen (secondary N) is 1. The third kappa shape index (κ3) is 1.86. The van der Waals surface area contributed by atoms with E-state index in [0.29, 0.717) is 12.0 Å². The summed E-state index contributed by atoms with van der Waals surface area (Å²) in [5.41, 5.74) is 1.03. The number of hydrogen-bond donors (Lipinski definition) is 2. The maximum absolute atomic E-state index is 12.1. The van der Waals surface area contributed by atoms with Crippen molar-refractivity contribution >= 4 is 5.97 Å². The smallest absolute Gasteiger partial charge is 0.341 e. The molecular weight excluding hydrogens is 220 g/mol. The predicted octanol–water partition coefficient (Wildman–Crippen LogP) is 0.679.